The molecule has 4 heterocycles. The highest BCUT2D eigenvalue weighted by Gasteiger charge is 2.39. The lowest BCUT2D eigenvalue weighted by Gasteiger charge is -2.42. The highest BCUT2D eigenvalue weighted by atomic mass is 19.4. The number of amides is 1. The number of carbonyl (C=O) groups excluding carboxylic acids is 1. The normalized spacial score (nSPS) is 16.8. The van der Waals surface area contributed by atoms with Gasteiger partial charge in [-0.3, -0.25) is 15.0 Å². The van der Waals surface area contributed by atoms with Crippen LogP contribution in [-0.4, -0.2) is 74.3 Å². The number of fused-ring (bicyclic) bond motifs is 5. The van der Waals surface area contributed by atoms with Crippen LogP contribution in [0.5, 0.6) is 0 Å². The van der Waals surface area contributed by atoms with E-state index >= 15 is 0 Å². The van der Waals surface area contributed by atoms with Gasteiger partial charge in [-0.15, -0.1) is 0 Å². The maximum absolute atomic E-state index is 13.6. The van der Waals surface area contributed by atoms with Crippen molar-refractivity contribution in [3.05, 3.63) is 40.8 Å². The van der Waals surface area contributed by atoms with Crippen LogP contribution in [0.3, 0.4) is 0 Å². The van der Waals surface area contributed by atoms with Gasteiger partial charge in [-0.1, -0.05) is 0 Å². The summed E-state index contributed by atoms with van der Waals surface area (Å²) in [6.07, 6.45) is -0.239. The number of nitrogens with zero attached hydrogens (tertiary/aromatic N) is 5. The number of rotatable bonds is 3. The predicted molar refractivity (Wildman–Crippen MR) is 124 cm³/mol. The van der Waals surface area contributed by atoms with Crippen molar-refractivity contribution in [1.29, 1.82) is 0 Å². The van der Waals surface area contributed by atoms with Crippen LogP contribution in [0.2, 0.25) is 0 Å². The summed E-state index contributed by atoms with van der Waals surface area (Å²) in [6, 6.07) is 3.88. The van der Waals surface area contributed by atoms with Crippen LogP contribution >= 0.6 is 0 Å². The predicted octanol–water partition coefficient (Wildman–Crippen LogP) is 3.78. The molecular weight excluding hydrogens is 459 g/mol. The summed E-state index contributed by atoms with van der Waals surface area (Å²) in [6.45, 7) is 1.26. The molecule has 4 aromatic rings. The van der Waals surface area contributed by atoms with E-state index < -0.39 is 11.9 Å². The quantitative estimate of drug-likeness (QED) is 0.463. The number of alkyl halides is 3. The van der Waals surface area contributed by atoms with Crippen LogP contribution in [0.4, 0.5) is 13.2 Å². The Morgan fingerprint density at radius 2 is 1.83 bits per heavy atom. The van der Waals surface area contributed by atoms with Crippen molar-refractivity contribution >= 4 is 27.7 Å². The van der Waals surface area contributed by atoms with Crippen LogP contribution in [0.25, 0.3) is 33.1 Å². The van der Waals surface area contributed by atoms with Gasteiger partial charge in [0.15, 0.2) is 11.4 Å². The maximum Gasteiger partial charge on any atom is 0.435 e. The molecule has 1 aromatic carbocycles. The van der Waals surface area contributed by atoms with Gasteiger partial charge >= 0.3 is 6.18 Å². The molecule has 0 atom stereocenters. The number of hydrogen-bond acceptors (Lipinski definition) is 5. The Kier molecular flexibility index (Phi) is 4.89. The summed E-state index contributed by atoms with van der Waals surface area (Å²) in [5.41, 5.74) is 2.63. The fourth-order valence-corrected chi connectivity index (χ4v) is 5.29. The van der Waals surface area contributed by atoms with Crippen LogP contribution < -0.4 is 0 Å². The second-order valence-corrected chi connectivity index (χ2v) is 9.55. The minimum Gasteiger partial charge on any atom is -0.334 e. The number of nitrogens with one attached hydrogen (secondary N) is 2. The van der Waals surface area contributed by atoms with Gasteiger partial charge in [-0.2, -0.15) is 23.4 Å². The molecule has 182 valence electrons. The van der Waals surface area contributed by atoms with Crippen molar-refractivity contribution in [2.24, 2.45) is 0 Å². The van der Waals surface area contributed by atoms with E-state index in [2.05, 4.69) is 25.3 Å². The van der Waals surface area contributed by atoms with E-state index in [9.17, 15) is 18.0 Å². The first-order valence-corrected chi connectivity index (χ1v) is 11.6. The molecular formula is C24H24F3N7O. The highest BCUT2D eigenvalue weighted by molar-refractivity contribution is 6.17. The molecule has 0 saturated carbocycles. The third-order valence-corrected chi connectivity index (χ3v) is 7.24. The smallest absolute Gasteiger partial charge is 0.334 e. The topological polar surface area (TPSA) is 93.8 Å². The third kappa shape index (κ3) is 3.40. The van der Waals surface area contributed by atoms with E-state index in [1.54, 1.807) is 17.0 Å². The third-order valence-electron chi connectivity index (χ3n) is 7.24. The molecule has 0 unspecified atom stereocenters. The van der Waals surface area contributed by atoms with Gasteiger partial charge in [0.2, 0.25) is 0 Å². The zero-order valence-corrected chi connectivity index (χ0v) is 19.3. The first-order valence-electron chi connectivity index (χ1n) is 11.6. The Bertz CT molecular complexity index is 1460. The van der Waals surface area contributed by atoms with Crippen LogP contribution in [0.15, 0.2) is 18.3 Å². The standard InChI is InChI=1S/C24H24F3N7O/c1-33(2)12-10-34(11-12)23(35)21-19-17(30-31-21)8-7-16-18(19)13-5-3-4-6-14(13)20(29-16)15-9-28-32-22(15)24(25,26)27/h7-9,12H,3-6,10-11H2,1-2H3,(H,28,32)(H,30,31). The number of aromatic amines is 2. The van der Waals surface area contributed by atoms with E-state index in [0.29, 0.717) is 59.8 Å². The molecule has 0 radical (unpaired) electrons. The lowest BCUT2D eigenvalue weighted by atomic mass is 9.85. The largest absolute Gasteiger partial charge is 0.435 e. The maximum atomic E-state index is 13.6. The Hall–Kier alpha value is -3.47. The molecule has 2 N–H and O–H groups in total. The van der Waals surface area contributed by atoms with Crippen molar-refractivity contribution in [3.8, 4) is 11.3 Å². The Labute approximate surface area is 198 Å². The summed E-state index contributed by atoms with van der Waals surface area (Å²) in [4.78, 5) is 21.9. The van der Waals surface area contributed by atoms with Crippen LogP contribution in [0, 0.1) is 0 Å². The van der Waals surface area contributed by atoms with E-state index in [1.807, 2.05) is 14.1 Å². The second kappa shape index (κ2) is 7.77. The monoisotopic (exact) mass is 483 g/mol. The van der Waals surface area contributed by atoms with Gasteiger partial charge in [0.05, 0.1) is 22.3 Å². The van der Waals surface area contributed by atoms with Crippen molar-refractivity contribution in [2.75, 3.05) is 27.2 Å². The molecule has 8 nitrogen and oxygen atoms in total. The molecule has 3 aromatic heterocycles. The van der Waals surface area contributed by atoms with Gasteiger partial charge in [0.1, 0.15) is 0 Å². The Morgan fingerprint density at radius 1 is 1.09 bits per heavy atom. The molecule has 35 heavy (non-hydrogen) atoms. The number of benzene rings is 1. The number of likely N-dealkylation sites (N-methyl/N-ethyl adjacent to an activating group) is 1. The molecule has 1 aliphatic carbocycles. The fourth-order valence-electron chi connectivity index (χ4n) is 5.29. The minimum absolute atomic E-state index is 0.0450. The summed E-state index contributed by atoms with van der Waals surface area (Å²) < 4.78 is 40.9. The average molecular weight is 483 g/mol. The van der Waals surface area contributed by atoms with Gasteiger partial charge < -0.3 is 9.80 Å². The Balaban J connectivity index is 1.55. The number of halogens is 3. The SMILES string of the molecule is CN(C)C1CN(C(=O)c2n[nH]c3ccc4nc(-c5c[nH]nc5C(F)(F)F)c5c(c4c23)CCCC5)C1. The fraction of sp³-hybridized carbons (Fsp3) is 0.417. The molecule has 0 bridgehead atoms. The molecule has 11 heteroatoms. The number of H-pyrrole nitrogens is 2. The molecule has 1 aliphatic heterocycles. The number of hydrogen-bond donors (Lipinski definition) is 2. The first-order chi connectivity index (χ1) is 16.7. The van der Waals surface area contributed by atoms with Gasteiger partial charge in [0.25, 0.3) is 5.91 Å². The molecule has 2 aliphatic rings. The van der Waals surface area contributed by atoms with Crippen LogP contribution in [0.1, 0.15) is 40.2 Å². The number of aryl methyl sites for hydroxylation is 1. The number of aromatic nitrogens is 5. The summed E-state index contributed by atoms with van der Waals surface area (Å²) in [5, 5.41) is 14.7. The van der Waals surface area contributed by atoms with Crippen molar-refractivity contribution < 1.29 is 18.0 Å². The zero-order valence-electron chi connectivity index (χ0n) is 19.3. The number of likely N-dealkylation sites (tertiary alicyclic amines) is 1. The molecule has 1 amide bonds. The van der Waals surface area contributed by atoms with E-state index in [0.717, 1.165) is 29.4 Å². The molecule has 6 rings (SSSR count). The second-order valence-electron chi connectivity index (χ2n) is 9.55. The molecule has 1 saturated heterocycles. The summed E-state index contributed by atoms with van der Waals surface area (Å²) in [5.74, 6) is -0.148. The zero-order chi connectivity index (χ0) is 24.5. The van der Waals surface area contributed by atoms with Gasteiger partial charge in [-0.05, 0) is 63.0 Å². The Morgan fingerprint density at radius 3 is 2.54 bits per heavy atom. The van der Waals surface area contributed by atoms with E-state index in [1.165, 1.54) is 6.20 Å². The summed E-state index contributed by atoms with van der Waals surface area (Å²) >= 11 is 0. The number of pyridine rings is 1. The van der Waals surface area contributed by atoms with Gasteiger partial charge in [-0.25, -0.2) is 4.98 Å². The summed E-state index contributed by atoms with van der Waals surface area (Å²) in [7, 11) is 3.98. The first kappa shape index (κ1) is 22.0. The molecule has 0 spiro atoms. The number of carbonyl (C=O) groups is 1. The van der Waals surface area contributed by atoms with Crippen molar-refractivity contribution in [2.45, 2.75) is 37.9 Å². The van der Waals surface area contributed by atoms with Gasteiger partial charge in [0, 0.05) is 36.1 Å². The van der Waals surface area contributed by atoms with E-state index in [-0.39, 0.29) is 11.5 Å². The average Bonchev–Trinajstić information content (AvgIpc) is 3.44. The van der Waals surface area contributed by atoms with Crippen LogP contribution in [-0.2, 0) is 19.0 Å². The lowest BCUT2D eigenvalue weighted by molar-refractivity contribution is -0.140. The minimum atomic E-state index is -4.59. The lowest BCUT2D eigenvalue weighted by Crippen LogP contribution is -2.59. The van der Waals surface area contributed by atoms with Crippen molar-refractivity contribution in [1.82, 2.24) is 35.2 Å². The molecule has 1 fully saturated rings. The van der Waals surface area contributed by atoms with E-state index in [4.69, 9.17) is 4.98 Å². The van der Waals surface area contributed by atoms with Crippen molar-refractivity contribution in [3.63, 3.8) is 0 Å². The highest BCUT2D eigenvalue weighted by Crippen LogP contribution is 2.42.